The second-order valence-corrected chi connectivity index (χ2v) is 6.17. The summed E-state index contributed by atoms with van der Waals surface area (Å²) in [4.78, 5) is 0.379. The van der Waals surface area contributed by atoms with Crippen LogP contribution >= 0.6 is 0 Å². The molecule has 0 atom stereocenters. The molecule has 0 saturated heterocycles. The van der Waals surface area contributed by atoms with Crippen molar-refractivity contribution in [3.05, 3.63) is 53.9 Å². The minimum Gasteiger partial charge on any atom is -0.354 e. The number of hydrogen-bond acceptors (Lipinski definition) is 2. The van der Waals surface area contributed by atoms with Gasteiger partial charge in [-0.2, -0.15) is 0 Å². The zero-order chi connectivity index (χ0) is 12.5. The number of sulfone groups is 1. The molecular weight excluding hydrogens is 234 g/mol. The minimum atomic E-state index is -3.24. The van der Waals surface area contributed by atoms with Gasteiger partial charge in [0.1, 0.15) is 0 Å². The van der Waals surface area contributed by atoms with Gasteiger partial charge in [-0.05, 0) is 31.2 Å². The van der Waals surface area contributed by atoms with E-state index in [1.165, 1.54) is 0 Å². The quantitative estimate of drug-likeness (QED) is 0.837. The van der Waals surface area contributed by atoms with Crippen molar-refractivity contribution < 1.29 is 8.42 Å². The first-order valence-corrected chi connectivity index (χ1v) is 7.04. The first kappa shape index (κ1) is 11.9. The molecule has 0 saturated carbocycles. The number of aromatic nitrogens is 1. The van der Waals surface area contributed by atoms with E-state index in [2.05, 4.69) is 0 Å². The van der Waals surface area contributed by atoms with E-state index >= 15 is 0 Å². The third-order valence-corrected chi connectivity index (χ3v) is 4.44. The molecule has 2 aromatic rings. The van der Waals surface area contributed by atoms with E-state index in [1.807, 2.05) is 49.0 Å². The van der Waals surface area contributed by atoms with Crippen molar-refractivity contribution in [1.82, 2.24) is 4.57 Å². The van der Waals surface area contributed by atoms with Gasteiger partial charge in [0.05, 0.1) is 10.6 Å². The van der Waals surface area contributed by atoms with E-state index in [0.717, 1.165) is 11.3 Å². The molecule has 0 N–H and O–H groups in total. The van der Waals surface area contributed by atoms with E-state index in [4.69, 9.17) is 0 Å². The first-order chi connectivity index (χ1) is 7.99. The summed E-state index contributed by atoms with van der Waals surface area (Å²) in [7, 11) is -1.40. The van der Waals surface area contributed by atoms with Crippen molar-refractivity contribution in [2.45, 2.75) is 17.6 Å². The second kappa shape index (κ2) is 4.37. The maximum absolute atomic E-state index is 12.1. The molecule has 1 aromatic carbocycles. The standard InChI is InChI=1S/C13H15NO2S/c1-11-5-7-13(8-6-11)17(15,16)10-12-4-3-9-14(12)2/h3-9H,10H2,1-2H3. The maximum atomic E-state index is 12.1. The molecule has 0 fully saturated rings. The van der Waals surface area contributed by atoms with Gasteiger partial charge in [-0.3, -0.25) is 0 Å². The van der Waals surface area contributed by atoms with Crippen molar-refractivity contribution in [3.63, 3.8) is 0 Å². The molecule has 0 unspecified atom stereocenters. The Morgan fingerprint density at radius 3 is 2.29 bits per heavy atom. The summed E-state index contributed by atoms with van der Waals surface area (Å²) in [6.45, 7) is 1.94. The fraction of sp³-hybridized carbons (Fsp3) is 0.231. The van der Waals surface area contributed by atoms with Crippen molar-refractivity contribution in [3.8, 4) is 0 Å². The van der Waals surface area contributed by atoms with Gasteiger partial charge in [0.2, 0.25) is 0 Å². The van der Waals surface area contributed by atoms with Gasteiger partial charge in [-0.1, -0.05) is 17.7 Å². The number of aryl methyl sites for hydroxylation is 2. The van der Waals surface area contributed by atoms with E-state index in [1.54, 1.807) is 12.1 Å². The van der Waals surface area contributed by atoms with Gasteiger partial charge in [0.15, 0.2) is 9.84 Å². The van der Waals surface area contributed by atoms with Crippen molar-refractivity contribution >= 4 is 9.84 Å². The highest BCUT2D eigenvalue weighted by molar-refractivity contribution is 7.90. The van der Waals surface area contributed by atoms with Crippen LogP contribution in [0.5, 0.6) is 0 Å². The molecule has 1 heterocycles. The lowest BCUT2D eigenvalue weighted by atomic mass is 10.2. The summed E-state index contributed by atoms with van der Waals surface area (Å²) in [5, 5.41) is 0. The van der Waals surface area contributed by atoms with Crippen LogP contribution in [0.4, 0.5) is 0 Å². The summed E-state index contributed by atoms with van der Waals surface area (Å²) in [5.74, 6) is 0.0412. The van der Waals surface area contributed by atoms with Gasteiger partial charge >= 0.3 is 0 Å². The fourth-order valence-electron chi connectivity index (χ4n) is 1.67. The summed E-state index contributed by atoms with van der Waals surface area (Å²) >= 11 is 0. The Kier molecular flexibility index (Phi) is 3.07. The molecule has 2 rings (SSSR count). The van der Waals surface area contributed by atoms with Crippen molar-refractivity contribution in [2.75, 3.05) is 0 Å². The van der Waals surface area contributed by atoms with Crippen LogP contribution in [0.1, 0.15) is 11.3 Å². The Balaban J connectivity index is 2.31. The fourth-order valence-corrected chi connectivity index (χ4v) is 3.08. The number of hydrogen-bond donors (Lipinski definition) is 0. The summed E-state index contributed by atoms with van der Waals surface area (Å²) < 4.78 is 26.1. The molecule has 90 valence electrons. The summed E-state index contributed by atoms with van der Waals surface area (Å²) in [6, 6.07) is 10.6. The van der Waals surface area contributed by atoms with Crippen LogP contribution in [-0.4, -0.2) is 13.0 Å². The summed E-state index contributed by atoms with van der Waals surface area (Å²) in [6.07, 6.45) is 1.85. The zero-order valence-corrected chi connectivity index (χ0v) is 10.7. The Morgan fingerprint density at radius 1 is 1.12 bits per heavy atom. The maximum Gasteiger partial charge on any atom is 0.183 e. The lowest BCUT2D eigenvalue weighted by molar-refractivity contribution is 0.593. The average molecular weight is 249 g/mol. The SMILES string of the molecule is Cc1ccc(S(=O)(=O)Cc2cccn2C)cc1. The van der Waals surface area contributed by atoms with E-state index < -0.39 is 9.84 Å². The molecule has 0 radical (unpaired) electrons. The number of nitrogens with zero attached hydrogens (tertiary/aromatic N) is 1. The highest BCUT2D eigenvalue weighted by Gasteiger charge is 2.16. The van der Waals surface area contributed by atoms with Crippen LogP contribution in [0.25, 0.3) is 0 Å². The monoisotopic (exact) mass is 249 g/mol. The molecule has 0 aliphatic carbocycles. The lowest BCUT2D eigenvalue weighted by Crippen LogP contribution is -2.07. The molecule has 4 heteroatoms. The average Bonchev–Trinajstić information content (AvgIpc) is 2.64. The highest BCUT2D eigenvalue weighted by Crippen LogP contribution is 2.16. The van der Waals surface area contributed by atoms with Crippen LogP contribution in [-0.2, 0) is 22.6 Å². The third-order valence-electron chi connectivity index (χ3n) is 2.77. The minimum absolute atomic E-state index is 0.0412. The van der Waals surface area contributed by atoms with Crippen LogP contribution in [0.15, 0.2) is 47.5 Å². The largest absolute Gasteiger partial charge is 0.354 e. The van der Waals surface area contributed by atoms with Crippen LogP contribution in [0.3, 0.4) is 0 Å². The van der Waals surface area contributed by atoms with E-state index in [9.17, 15) is 8.42 Å². The van der Waals surface area contributed by atoms with Crippen LogP contribution in [0, 0.1) is 6.92 Å². The normalized spacial score (nSPS) is 11.6. The molecular formula is C13H15NO2S. The van der Waals surface area contributed by atoms with Crippen molar-refractivity contribution in [2.24, 2.45) is 7.05 Å². The first-order valence-electron chi connectivity index (χ1n) is 5.39. The molecule has 0 bridgehead atoms. The highest BCUT2D eigenvalue weighted by atomic mass is 32.2. The van der Waals surface area contributed by atoms with Gasteiger partial charge in [-0.15, -0.1) is 0 Å². The van der Waals surface area contributed by atoms with E-state index in [-0.39, 0.29) is 5.75 Å². The summed E-state index contributed by atoms with van der Waals surface area (Å²) in [5.41, 5.74) is 1.85. The predicted molar refractivity (Wildman–Crippen MR) is 67.5 cm³/mol. The Bertz CT molecular complexity index is 609. The third kappa shape index (κ3) is 2.58. The molecule has 17 heavy (non-hydrogen) atoms. The molecule has 3 nitrogen and oxygen atoms in total. The number of benzene rings is 1. The smallest absolute Gasteiger partial charge is 0.183 e. The van der Waals surface area contributed by atoms with E-state index in [0.29, 0.717) is 4.90 Å². The van der Waals surface area contributed by atoms with Gasteiger partial charge in [0, 0.05) is 18.9 Å². The zero-order valence-electron chi connectivity index (χ0n) is 9.92. The predicted octanol–water partition coefficient (Wildman–Crippen LogP) is 2.31. The second-order valence-electron chi connectivity index (χ2n) is 4.18. The lowest BCUT2D eigenvalue weighted by Gasteiger charge is -2.06. The topological polar surface area (TPSA) is 39.1 Å². The molecule has 0 aliphatic heterocycles. The molecule has 0 spiro atoms. The van der Waals surface area contributed by atoms with Gasteiger partial charge in [0.25, 0.3) is 0 Å². The Morgan fingerprint density at radius 2 is 1.76 bits per heavy atom. The number of rotatable bonds is 3. The molecule has 1 aromatic heterocycles. The Hall–Kier alpha value is -1.55. The van der Waals surface area contributed by atoms with Gasteiger partial charge < -0.3 is 4.57 Å². The van der Waals surface area contributed by atoms with Crippen LogP contribution in [0.2, 0.25) is 0 Å². The Labute approximate surface area is 102 Å². The molecule has 0 aliphatic rings. The molecule has 0 amide bonds. The van der Waals surface area contributed by atoms with Gasteiger partial charge in [-0.25, -0.2) is 8.42 Å². The van der Waals surface area contributed by atoms with Crippen molar-refractivity contribution in [1.29, 1.82) is 0 Å². The van der Waals surface area contributed by atoms with Crippen LogP contribution < -0.4 is 0 Å².